The minimum absolute atomic E-state index is 0.247. The summed E-state index contributed by atoms with van der Waals surface area (Å²) >= 11 is 3.46. The van der Waals surface area contributed by atoms with Gasteiger partial charge in [0.2, 0.25) is 0 Å². The summed E-state index contributed by atoms with van der Waals surface area (Å²) in [5.74, 6) is 0.878. The van der Waals surface area contributed by atoms with Gasteiger partial charge in [0.15, 0.2) is 5.82 Å². The zero-order valence-corrected chi connectivity index (χ0v) is 12.6. The second-order valence-electron chi connectivity index (χ2n) is 4.85. The molecule has 1 heterocycles. The largest absolute Gasteiger partial charge is 0.367 e. The highest BCUT2D eigenvalue weighted by Crippen LogP contribution is 2.37. The van der Waals surface area contributed by atoms with Crippen molar-refractivity contribution in [3.63, 3.8) is 0 Å². The van der Waals surface area contributed by atoms with Crippen LogP contribution in [0.4, 0.5) is 0 Å². The van der Waals surface area contributed by atoms with Crippen LogP contribution in [0.15, 0.2) is 12.3 Å². The van der Waals surface area contributed by atoms with Crippen LogP contribution in [0.25, 0.3) is 0 Å². The molecule has 0 aliphatic heterocycles. The Balaban J connectivity index is 2.31. The molecule has 1 aliphatic carbocycles. The Morgan fingerprint density at radius 2 is 2.00 bits per heavy atom. The van der Waals surface area contributed by atoms with Crippen LogP contribution < -0.4 is 0 Å². The first-order chi connectivity index (χ1) is 8.80. The van der Waals surface area contributed by atoms with E-state index in [1.54, 1.807) is 0 Å². The molecule has 1 aromatic heterocycles. The van der Waals surface area contributed by atoms with Crippen LogP contribution in [0.3, 0.4) is 0 Å². The van der Waals surface area contributed by atoms with Gasteiger partial charge in [0.25, 0.3) is 0 Å². The van der Waals surface area contributed by atoms with Crippen LogP contribution >= 0.6 is 15.9 Å². The fraction of sp³-hybridized carbons (Fsp3) is 0.714. The predicted molar refractivity (Wildman–Crippen MR) is 75.7 cm³/mol. The van der Waals surface area contributed by atoms with Crippen molar-refractivity contribution in [3.05, 3.63) is 23.8 Å². The topological polar surface area (TPSA) is 35.0 Å². The standard InChI is InChI=1S/C14H21BrN2O/c1-2-18-14(8-5-3-4-6-9-14)13-16-10-7-12(11-15)17-13/h7,10H,2-6,8-9,11H2,1H3. The summed E-state index contributed by atoms with van der Waals surface area (Å²) in [5.41, 5.74) is 0.784. The number of halogens is 1. The molecule has 4 heteroatoms. The summed E-state index contributed by atoms with van der Waals surface area (Å²) in [6, 6.07) is 1.95. The van der Waals surface area contributed by atoms with Crippen molar-refractivity contribution >= 4 is 15.9 Å². The third-order valence-electron chi connectivity index (χ3n) is 3.59. The smallest absolute Gasteiger partial charge is 0.160 e. The maximum absolute atomic E-state index is 6.10. The van der Waals surface area contributed by atoms with Gasteiger partial charge in [-0.1, -0.05) is 41.6 Å². The van der Waals surface area contributed by atoms with Crippen molar-refractivity contribution in [2.45, 2.75) is 56.4 Å². The monoisotopic (exact) mass is 312 g/mol. The van der Waals surface area contributed by atoms with E-state index in [1.807, 2.05) is 12.3 Å². The van der Waals surface area contributed by atoms with E-state index in [4.69, 9.17) is 4.74 Å². The van der Waals surface area contributed by atoms with Crippen LogP contribution in [-0.2, 0) is 15.7 Å². The minimum Gasteiger partial charge on any atom is -0.367 e. The Labute approximate surface area is 117 Å². The lowest BCUT2D eigenvalue weighted by atomic mass is 9.93. The number of ether oxygens (including phenoxy) is 1. The summed E-state index contributed by atoms with van der Waals surface area (Å²) in [6.45, 7) is 2.78. The molecule has 0 unspecified atom stereocenters. The summed E-state index contributed by atoms with van der Waals surface area (Å²) < 4.78 is 6.10. The quantitative estimate of drug-likeness (QED) is 0.623. The van der Waals surface area contributed by atoms with Crippen LogP contribution in [0, 0.1) is 0 Å². The van der Waals surface area contributed by atoms with Gasteiger partial charge in [0, 0.05) is 18.1 Å². The van der Waals surface area contributed by atoms with E-state index >= 15 is 0 Å². The van der Waals surface area contributed by atoms with Crippen LogP contribution in [-0.4, -0.2) is 16.6 Å². The molecule has 0 amide bonds. The average Bonchev–Trinajstić information content (AvgIpc) is 2.66. The Bertz CT molecular complexity index is 376. The third kappa shape index (κ3) is 3.09. The lowest BCUT2D eigenvalue weighted by Gasteiger charge is -2.31. The zero-order chi connectivity index (χ0) is 12.8. The molecule has 0 N–H and O–H groups in total. The van der Waals surface area contributed by atoms with Gasteiger partial charge in [0.05, 0.1) is 5.69 Å². The molecule has 0 saturated heterocycles. The van der Waals surface area contributed by atoms with E-state index in [0.29, 0.717) is 0 Å². The van der Waals surface area contributed by atoms with Gasteiger partial charge in [-0.3, -0.25) is 0 Å². The molecule has 0 bridgehead atoms. The molecule has 1 fully saturated rings. The molecule has 1 aromatic rings. The molecule has 0 radical (unpaired) electrons. The van der Waals surface area contributed by atoms with Gasteiger partial charge < -0.3 is 4.74 Å². The molecule has 0 aromatic carbocycles. The first kappa shape index (κ1) is 13.9. The van der Waals surface area contributed by atoms with Crippen molar-refractivity contribution in [1.82, 2.24) is 9.97 Å². The number of aromatic nitrogens is 2. The maximum Gasteiger partial charge on any atom is 0.160 e. The number of hydrogen-bond acceptors (Lipinski definition) is 3. The lowest BCUT2D eigenvalue weighted by molar-refractivity contribution is -0.0625. The number of nitrogens with zero attached hydrogens (tertiary/aromatic N) is 2. The van der Waals surface area contributed by atoms with Gasteiger partial charge in [-0.25, -0.2) is 9.97 Å². The third-order valence-corrected chi connectivity index (χ3v) is 4.16. The summed E-state index contributed by atoms with van der Waals surface area (Å²) in [4.78, 5) is 9.15. The first-order valence-corrected chi connectivity index (χ1v) is 7.95. The van der Waals surface area contributed by atoms with Crippen molar-refractivity contribution in [2.75, 3.05) is 6.61 Å². The molecule has 0 spiro atoms. The Kier molecular flexibility index (Phi) is 5.13. The highest BCUT2D eigenvalue weighted by Gasteiger charge is 2.36. The Morgan fingerprint density at radius 1 is 1.28 bits per heavy atom. The highest BCUT2D eigenvalue weighted by molar-refractivity contribution is 9.08. The summed E-state index contributed by atoms with van der Waals surface area (Å²) in [6.07, 6.45) is 8.97. The highest BCUT2D eigenvalue weighted by atomic mass is 79.9. The van der Waals surface area contributed by atoms with Crippen molar-refractivity contribution < 1.29 is 4.74 Å². The maximum atomic E-state index is 6.10. The van der Waals surface area contributed by atoms with Gasteiger partial charge in [-0.05, 0) is 25.8 Å². The lowest BCUT2D eigenvalue weighted by Crippen LogP contribution is -2.32. The summed E-state index contributed by atoms with van der Waals surface area (Å²) in [5, 5.41) is 0.769. The van der Waals surface area contributed by atoms with Gasteiger partial charge in [0.1, 0.15) is 5.60 Å². The van der Waals surface area contributed by atoms with E-state index < -0.39 is 0 Å². The van der Waals surface area contributed by atoms with Crippen LogP contribution in [0.1, 0.15) is 57.0 Å². The molecule has 3 nitrogen and oxygen atoms in total. The molecule has 0 atom stereocenters. The SMILES string of the molecule is CCOC1(c2nccc(CBr)n2)CCCCCC1. The molecular formula is C14H21BrN2O. The van der Waals surface area contributed by atoms with Gasteiger partial charge in [-0.2, -0.15) is 0 Å². The molecule has 100 valence electrons. The predicted octanol–water partition coefficient (Wildman–Crippen LogP) is 3.96. The molecule has 1 saturated carbocycles. The van der Waals surface area contributed by atoms with Gasteiger partial charge in [-0.15, -0.1) is 0 Å². The van der Waals surface area contributed by atoms with Crippen molar-refractivity contribution in [1.29, 1.82) is 0 Å². The van der Waals surface area contributed by atoms with E-state index in [2.05, 4.69) is 32.8 Å². The fourth-order valence-corrected chi connectivity index (χ4v) is 3.01. The van der Waals surface area contributed by atoms with E-state index in [9.17, 15) is 0 Å². The number of rotatable bonds is 4. The van der Waals surface area contributed by atoms with E-state index in [-0.39, 0.29) is 5.60 Å². The Hall–Kier alpha value is -0.480. The van der Waals surface area contributed by atoms with E-state index in [0.717, 1.165) is 36.3 Å². The first-order valence-electron chi connectivity index (χ1n) is 6.83. The van der Waals surface area contributed by atoms with Crippen LogP contribution in [0.5, 0.6) is 0 Å². The normalized spacial score (nSPS) is 19.4. The molecule has 1 aliphatic rings. The Morgan fingerprint density at radius 3 is 2.61 bits per heavy atom. The summed E-state index contributed by atoms with van der Waals surface area (Å²) in [7, 11) is 0. The number of hydrogen-bond donors (Lipinski definition) is 0. The molecular weight excluding hydrogens is 292 g/mol. The van der Waals surface area contributed by atoms with Crippen molar-refractivity contribution in [2.24, 2.45) is 0 Å². The molecule has 18 heavy (non-hydrogen) atoms. The van der Waals surface area contributed by atoms with Crippen molar-refractivity contribution in [3.8, 4) is 0 Å². The van der Waals surface area contributed by atoms with Gasteiger partial charge >= 0.3 is 0 Å². The van der Waals surface area contributed by atoms with Crippen LogP contribution in [0.2, 0.25) is 0 Å². The second-order valence-corrected chi connectivity index (χ2v) is 5.41. The van der Waals surface area contributed by atoms with E-state index in [1.165, 1.54) is 25.7 Å². The fourth-order valence-electron chi connectivity index (χ4n) is 2.70. The average molecular weight is 313 g/mol. The second kappa shape index (κ2) is 6.62. The number of alkyl halides is 1. The zero-order valence-electron chi connectivity index (χ0n) is 11.0. The minimum atomic E-state index is -0.247. The molecule has 2 rings (SSSR count).